The van der Waals surface area contributed by atoms with E-state index in [1.165, 1.54) is 38.8 Å². The lowest BCUT2D eigenvalue weighted by Crippen LogP contribution is -2.41. The number of nitrogens with zero attached hydrogens (tertiary/aromatic N) is 2. The Morgan fingerprint density at radius 1 is 1.39 bits per heavy atom. The maximum atomic E-state index is 9.18. The average molecular weight is 251 g/mol. The summed E-state index contributed by atoms with van der Waals surface area (Å²) in [5.41, 5.74) is -0.331. The van der Waals surface area contributed by atoms with Crippen molar-refractivity contribution in [3.63, 3.8) is 0 Å². The molecule has 3 nitrogen and oxygen atoms in total. The first kappa shape index (κ1) is 15.5. The van der Waals surface area contributed by atoms with E-state index in [4.69, 9.17) is 0 Å². The van der Waals surface area contributed by atoms with Crippen molar-refractivity contribution < 1.29 is 0 Å². The van der Waals surface area contributed by atoms with Gasteiger partial charge in [0, 0.05) is 6.04 Å². The van der Waals surface area contributed by atoms with Crippen molar-refractivity contribution in [1.82, 2.24) is 10.2 Å². The van der Waals surface area contributed by atoms with Gasteiger partial charge >= 0.3 is 0 Å². The maximum absolute atomic E-state index is 9.18. The Balaban J connectivity index is 2.19. The van der Waals surface area contributed by atoms with Crippen LogP contribution < -0.4 is 5.32 Å². The molecule has 2 atom stereocenters. The lowest BCUT2D eigenvalue weighted by molar-refractivity contribution is 0.156. The van der Waals surface area contributed by atoms with Gasteiger partial charge in [0.15, 0.2) is 0 Å². The van der Waals surface area contributed by atoms with E-state index in [0.717, 1.165) is 25.4 Å². The van der Waals surface area contributed by atoms with Gasteiger partial charge in [-0.3, -0.25) is 5.32 Å². The van der Waals surface area contributed by atoms with Crippen LogP contribution in [0, 0.1) is 11.3 Å². The number of hydrogen-bond acceptors (Lipinski definition) is 3. The Morgan fingerprint density at radius 2 is 2.17 bits per heavy atom. The molecule has 1 fully saturated rings. The molecule has 104 valence electrons. The van der Waals surface area contributed by atoms with Crippen molar-refractivity contribution in [3.8, 4) is 6.07 Å². The summed E-state index contributed by atoms with van der Waals surface area (Å²) in [4.78, 5) is 2.61. The largest absolute Gasteiger partial charge is 0.301 e. The first-order chi connectivity index (χ1) is 8.61. The molecular formula is C15H29N3. The Kier molecular flexibility index (Phi) is 6.67. The molecule has 0 aromatic rings. The van der Waals surface area contributed by atoms with Gasteiger partial charge in [0.1, 0.15) is 5.54 Å². The highest BCUT2D eigenvalue weighted by Gasteiger charge is 2.22. The van der Waals surface area contributed by atoms with E-state index in [1.807, 2.05) is 6.92 Å². The standard InChI is InChI=1S/C15H29N3/c1-4-17-15(3,13-16)10-6-8-12-18-11-7-5-9-14(18)2/h14,17H,4-12H2,1-3H3. The molecule has 0 spiro atoms. The van der Waals surface area contributed by atoms with Crippen LogP contribution in [0.3, 0.4) is 0 Å². The number of likely N-dealkylation sites (tertiary alicyclic amines) is 1. The second-order valence-electron chi connectivity index (χ2n) is 5.81. The van der Waals surface area contributed by atoms with Crippen LogP contribution in [0.4, 0.5) is 0 Å². The van der Waals surface area contributed by atoms with Gasteiger partial charge in [-0.05, 0) is 65.6 Å². The summed E-state index contributed by atoms with van der Waals surface area (Å²) in [5, 5.41) is 12.5. The van der Waals surface area contributed by atoms with Crippen LogP contribution in [0.25, 0.3) is 0 Å². The van der Waals surface area contributed by atoms with Crippen LogP contribution >= 0.6 is 0 Å². The molecule has 0 aliphatic carbocycles. The first-order valence-corrected chi connectivity index (χ1v) is 7.51. The minimum atomic E-state index is -0.331. The molecule has 1 aliphatic rings. The second kappa shape index (κ2) is 7.76. The minimum absolute atomic E-state index is 0.331. The monoisotopic (exact) mass is 251 g/mol. The van der Waals surface area contributed by atoms with Gasteiger partial charge in [-0.25, -0.2) is 0 Å². The van der Waals surface area contributed by atoms with E-state index in [-0.39, 0.29) is 5.54 Å². The van der Waals surface area contributed by atoms with Crippen molar-refractivity contribution in [2.45, 2.75) is 70.9 Å². The van der Waals surface area contributed by atoms with E-state index in [2.05, 4.69) is 30.1 Å². The van der Waals surface area contributed by atoms with E-state index in [1.54, 1.807) is 0 Å². The highest BCUT2D eigenvalue weighted by atomic mass is 15.1. The van der Waals surface area contributed by atoms with Crippen LogP contribution in [0.5, 0.6) is 0 Å². The highest BCUT2D eigenvalue weighted by molar-refractivity contribution is 5.03. The summed E-state index contributed by atoms with van der Waals surface area (Å²) in [5.74, 6) is 0. The first-order valence-electron chi connectivity index (χ1n) is 7.51. The fraction of sp³-hybridized carbons (Fsp3) is 0.933. The van der Waals surface area contributed by atoms with Gasteiger partial charge < -0.3 is 4.90 Å². The third kappa shape index (κ3) is 4.96. The summed E-state index contributed by atoms with van der Waals surface area (Å²) < 4.78 is 0. The number of nitriles is 1. The third-order valence-corrected chi connectivity index (χ3v) is 4.13. The molecule has 1 N–H and O–H groups in total. The Morgan fingerprint density at radius 3 is 2.78 bits per heavy atom. The topological polar surface area (TPSA) is 39.1 Å². The summed E-state index contributed by atoms with van der Waals surface area (Å²) >= 11 is 0. The molecule has 0 amide bonds. The maximum Gasteiger partial charge on any atom is 0.103 e. The van der Waals surface area contributed by atoms with Crippen molar-refractivity contribution in [2.24, 2.45) is 0 Å². The van der Waals surface area contributed by atoms with Crippen LogP contribution in [-0.2, 0) is 0 Å². The quantitative estimate of drug-likeness (QED) is 0.707. The van der Waals surface area contributed by atoms with Gasteiger partial charge in [0.05, 0.1) is 6.07 Å². The van der Waals surface area contributed by atoms with Gasteiger partial charge in [-0.15, -0.1) is 0 Å². The van der Waals surface area contributed by atoms with Crippen molar-refractivity contribution in [2.75, 3.05) is 19.6 Å². The zero-order valence-corrected chi connectivity index (χ0v) is 12.3. The molecule has 0 saturated carbocycles. The molecule has 0 aromatic carbocycles. The Bertz CT molecular complexity index is 271. The Labute approximate surface area is 113 Å². The van der Waals surface area contributed by atoms with Crippen LogP contribution in [0.2, 0.25) is 0 Å². The second-order valence-corrected chi connectivity index (χ2v) is 5.81. The van der Waals surface area contributed by atoms with Gasteiger partial charge in [-0.2, -0.15) is 5.26 Å². The minimum Gasteiger partial charge on any atom is -0.301 e. The predicted octanol–water partition coefficient (Wildman–Crippen LogP) is 2.92. The molecule has 3 heteroatoms. The van der Waals surface area contributed by atoms with Gasteiger partial charge in [-0.1, -0.05) is 13.3 Å². The van der Waals surface area contributed by atoms with E-state index in [9.17, 15) is 5.26 Å². The van der Waals surface area contributed by atoms with E-state index in [0.29, 0.717) is 0 Å². The van der Waals surface area contributed by atoms with E-state index < -0.39 is 0 Å². The zero-order valence-electron chi connectivity index (χ0n) is 12.3. The van der Waals surface area contributed by atoms with Crippen molar-refractivity contribution >= 4 is 0 Å². The predicted molar refractivity (Wildman–Crippen MR) is 76.4 cm³/mol. The summed E-state index contributed by atoms with van der Waals surface area (Å²) in [6.07, 6.45) is 7.42. The number of unbranched alkanes of at least 4 members (excludes halogenated alkanes) is 1. The number of nitrogens with one attached hydrogen (secondary N) is 1. The SMILES string of the molecule is CCNC(C)(C#N)CCCCN1CCCCC1C. The van der Waals surface area contributed by atoms with Crippen LogP contribution in [0.1, 0.15) is 59.3 Å². The summed E-state index contributed by atoms with van der Waals surface area (Å²) in [6.45, 7) is 9.76. The summed E-state index contributed by atoms with van der Waals surface area (Å²) in [6, 6.07) is 3.16. The molecule has 0 aromatic heterocycles. The smallest absolute Gasteiger partial charge is 0.103 e. The van der Waals surface area contributed by atoms with Gasteiger partial charge in [0.25, 0.3) is 0 Å². The summed E-state index contributed by atoms with van der Waals surface area (Å²) in [7, 11) is 0. The molecule has 1 heterocycles. The lowest BCUT2D eigenvalue weighted by Gasteiger charge is -2.33. The fourth-order valence-electron chi connectivity index (χ4n) is 2.86. The molecule has 0 radical (unpaired) electrons. The number of rotatable bonds is 7. The number of hydrogen-bond donors (Lipinski definition) is 1. The fourth-order valence-corrected chi connectivity index (χ4v) is 2.86. The normalized spacial score (nSPS) is 24.4. The highest BCUT2D eigenvalue weighted by Crippen LogP contribution is 2.18. The number of piperidine rings is 1. The Hall–Kier alpha value is -0.590. The molecule has 18 heavy (non-hydrogen) atoms. The zero-order chi connectivity index (χ0) is 13.4. The molecule has 2 unspecified atom stereocenters. The molecule has 1 aliphatic heterocycles. The lowest BCUT2D eigenvalue weighted by atomic mass is 9.96. The molecule has 1 saturated heterocycles. The van der Waals surface area contributed by atoms with E-state index >= 15 is 0 Å². The molecule has 1 rings (SSSR count). The molecule has 0 bridgehead atoms. The van der Waals surface area contributed by atoms with Crippen molar-refractivity contribution in [1.29, 1.82) is 5.26 Å². The van der Waals surface area contributed by atoms with Crippen LogP contribution in [-0.4, -0.2) is 36.1 Å². The van der Waals surface area contributed by atoms with Gasteiger partial charge in [0.2, 0.25) is 0 Å². The third-order valence-electron chi connectivity index (χ3n) is 4.13. The molecular weight excluding hydrogens is 222 g/mol. The van der Waals surface area contributed by atoms with Crippen LogP contribution in [0.15, 0.2) is 0 Å². The average Bonchev–Trinajstić information content (AvgIpc) is 2.37. The van der Waals surface area contributed by atoms with Crippen molar-refractivity contribution in [3.05, 3.63) is 0 Å².